The van der Waals surface area contributed by atoms with Crippen LogP contribution in [0.25, 0.3) is 0 Å². The molecule has 0 amide bonds. The summed E-state index contributed by atoms with van der Waals surface area (Å²) in [7, 11) is 0. The Hall–Kier alpha value is -0.390. The van der Waals surface area contributed by atoms with E-state index < -0.39 is 0 Å². The fourth-order valence-electron chi connectivity index (χ4n) is 1.04. The molecule has 72 valence electrons. The second-order valence-electron chi connectivity index (χ2n) is 2.54. The highest BCUT2D eigenvalue weighted by Gasteiger charge is 2.17. The molecule has 0 saturated carbocycles. The summed E-state index contributed by atoms with van der Waals surface area (Å²) in [6.45, 7) is 0. The van der Waals surface area contributed by atoms with Crippen LogP contribution in [-0.4, -0.2) is 5.78 Å². The van der Waals surface area contributed by atoms with Crippen molar-refractivity contribution in [2.45, 2.75) is 0 Å². The molecule has 0 spiro atoms. The van der Waals surface area contributed by atoms with Crippen LogP contribution in [0.4, 0.5) is 0 Å². The lowest BCUT2D eigenvalue weighted by Crippen LogP contribution is -1.97. The molecular weight excluding hydrogens is 332 g/mol. The fraction of sp³-hybridized carbons (Fsp3) is 0. The van der Waals surface area contributed by atoms with Gasteiger partial charge in [-0.2, -0.15) is 0 Å². The zero-order valence-corrected chi connectivity index (χ0v) is 10.8. The molecule has 0 N–H and O–H groups in total. The van der Waals surface area contributed by atoms with Crippen LogP contribution in [0.15, 0.2) is 36.5 Å². The third-order valence-electron chi connectivity index (χ3n) is 1.65. The molecular formula is C9H4Br2O2S. The minimum absolute atomic E-state index is 0.108. The van der Waals surface area contributed by atoms with Gasteiger partial charge in [0.1, 0.15) is 0 Å². The highest BCUT2D eigenvalue weighted by Crippen LogP contribution is 2.33. The van der Waals surface area contributed by atoms with E-state index >= 15 is 0 Å². The molecule has 0 saturated heterocycles. The normalized spacial score (nSPS) is 10.4. The Bertz CT molecular complexity index is 459. The Kier molecular flexibility index (Phi) is 2.90. The molecule has 2 rings (SSSR count). The minimum Gasteiger partial charge on any atom is -0.461 e. The predicted octanol–water partition coefficient (Wildman–Crippen LogP) is 4.10. The van der Waals surface area contributed by atoms with Crippen molar-refractivity contribution >= 4 is 49.0 Å². The van der Waals surface area contributed by atoms with E-state index in [1.165, 1.54) is 17.6 Å². The SMILES string of the molecule is O=C(c1ccco1)c1cc(Br)sc1Br. The van der Waals surface area contributed by atoms with Crippen LogP contribution in [0.5, 0.6) is 0 Å². The third-order valence-corrected chi connectivity index (χ3v) is 3.99. The summed E-state index contributed by atoms with van der Waals surface area (Å²) in [6.07, 6.45) is 1.49. The maximum absolute atomic E-state index is 11.8. The molecule has 2 nitrogen and oxygen atoms in total. The van der Waals surface area contributed by atoms with Gasteiger partial charge < -0.3 is 4.42 Å². The first kappa shape index (κ1) is 10.1. The van der Waals surface area contributed by atoms with Crippen molar-refractivity contribution in [3.8, 4) is 0 Å². The van der Waals surface area contributed by atoms with Crippen LogP contribution in [0.2, 0.25) is 0 Å². The lowest BCUT2D eigenvalue weighted by Gasteiger charge is -1.92. The van der Waals surface area contributed by atoms with E-state index in [0.717, 1.165) is 7.57 Å². The monoisotopic (exact) mass is 334 g/mol. The average molecular weight is 336 g/mol. The number of carbonyl (C=O) groups excluding carboxylic acids is 1. The number of thiophene rings is 1. The molecule has 0 radical (unpaired) electrons. The molecule has 0 bridgehead atoms. The summed E-state index contributed by atoms with van der Waals surface area (Å²) in [4.78, 5) is 11.8. The van der Waals surface area contributed by atoms with Crippen LogP contribution in [-0.2, 0) is 0 Å². The van der Waals surface area contributed by atoms with Crippen LogP contribution in [0.1, 0.15) is 16.1 Å². The number of rotatable bonds is 2. The second-order valence-corrected chi connectivity index (χ2v) is 6.29. The quantitative estimate of drug-likeness (QED) is 0.773. The molecule has 0 aromatic carbocycles. The third kappa shape index (κ3) is 1.85. The molecule has 0 atom stereocenters. The van der Waals surface area contributed by atoms with E-state index in [9.17, 15) is 4.79 Å². The van der Waals surface area contributed by atoms with E-state index in [1.54, 1.807) is 18.2 Å². The van der Waals surface area contributed by atoms with Crippen molar-refractivity contribution in [1.82, 2.24) is 0 Å². The van der Waals surface area contributed by atoms with E-state index in [1.807, 2.05) is 0 Å². The molecule has 0 aliphatic carbocycles. The summed E-state index contributed by atoms with van der Waals surface area (Å²) in [5.41, 5.74) is 0.622. The standard InChI is InChI=1S/C9H4Br2O2S/c10-7-4-5(9(11)14-7)8(12)6-2-1-3-13-6/h1-4H. The average Bonchev–Trinajstić information content (AvgIpc) is 2.73. The van der Waals surface area contributed by atoms with Crippen LogP contribution in [0.3, 0.4) is 0 Å². The Morgan fingerprint density at radius 2 is 2.21 bits per heavy atom. The highest BCUT2D eigenvalue weighted by atomic mass is 79.9. The maximum Gasteiger partial charge on any atom is 0.230 e. The van der Waals surface area contributed by atoms with Crippen molar-refractivity contribution in [3.63, 3.8) is 0 Å². The summed E-state index contributed by atoms with van der Waals surface area (Å²) in [6, 6.07) is 5.13. The van der Waals surface area contributed by atoms with Gasteiger partial charge in [-0.3, -0.25) is 4.79 Å². The smallest absolute Gasteiger partial charge is 0.230 e. The second kappa shape index (κ2) is 4.00. The van der Waals surface area contributed by atoms with E-state index in [0.29, 0.717) is 11.3 Å². The predicted molar refractivity (Wildman–Crippen MR) is 61.9 cm³/mol. The molecule has 5 heteroatoms. The Morgan fingerprint density at radius 3 is 2.71 bits per heavy atom. The molecule has 0 aliphatic heterocycles. The molecule has 0 unspecified atom stereocenters. The van der Waals surface area contributed by atoms with Gasteiger partial charge in [-0.15, -0.1) is 11.3 Å². The Morgan fingerprint density at radius 1 is 1.43 bits per heavy atom. The van der Waals surface area contributed by atoms with Gasteiger partial charge in [0, 0.05) is 0 Å². The number of hydrogen-bond donors (Lipinski definition) is 0. The summed E-state index contributed by atoms with van der Waals surface area (Å²) in [5.74, 6) is 0.250. The lowest BCUT2D eigenvalue weighted by molar-refractivity contribution is 0.101. The van der Waals surface area contributed by atoms with E-state index in [4.69, 9.17) is 4.42 Å². The number of carbonyl (C=O) groups is 1. The summed E-state index contributed by atoms with van der Waals surface area (Å²) >= 11 is 8.12. The van der Waals surface area contributed by atoms with Crippen LogP contribution in [0, 0.1) is 0 Å². The van der Waals surface area contributed by atoms with Crippen molar-refractivity contribution in [3.05, 3.63) is 43.4 Å². The molecule has 2 heterocycles. The Labute approximate surface area is 101 Å². The molecule has 2 aromatic rings. The highest BCUT2D eigenvalue weighted by molar-refractivity contribution is 9.12. The van der Waals surface area contributed by atoms with Crippen molar-refractivity contribution in [2.24, 2.45) is 0 Å². The van der Waals surface area contributed by atoms with Crippen LogP contribution < -0.4 is 0 Å². The van der Waals surface area contributed by atoms with Gasteiger partial charge >= 0.3 is 0 Å². The first-order valence-electron chi connectivity index (χ1n) is 3.71. The maximum atomic E-state index is 11.8. The molecule has 0 aliphatic rings. The molecule has 2 aromatic heterocycles. The first-order chi connectivity index (χ1) is 6.68. The van der Waals surface area contributed by atoms with Gasteiger partial charge in [-0.05, 0) is 50.1 Å². The largest absolute Gasteiger partial charge is 0.461 e. The Balaban J connectivity index is 2.41. The van der Waals surface area contributed by atoms with Gasteiger partial charge in [0.15, 0.2) is 5.76 Å². The van der Waals surface area contributed by atoms with Gasteiger partial charge in [0.2, 0.25) is 5.78 Å². The first-order valence-corrected chi connectivity index (χ1v) is 6.12. The van der Waals surface area contributed by atoms with Crippen molar-refractivity contribution < 1.29 is 9.21 Å². The number of furan rings is 1. The fourth-order valence-corrected chi connectivity index (χ4v) is 3.83. The molecule has 14 heavy (non-hydrogen) atoms. The van der Waals surface area contributed by atoms with Crippen LogP contribution >= 0.6 is 43.2 Å². The zero-order chi connectivity index (χ0) is 10.1. The van der Waals surface area contributed by atoms with E-state index in [2.05, 4.69) is 31.9 Å². The van der Waals surface area contributed by atoms with Gasteiger partial charge in [-0.1, -0.05) is 0 Å². The summed E-state index contributed by atoms with van der Waals surface area (Å²) < 4.78 is 6.76. The van der Waals surface area contributed by atoms with Gasteiger partial charge in [0.05, 0.1) is 19.4 Å². The number of hydrogen-bond acceptors (Lipinski definition) is 3. The van der Waals surface area contributed by atoms with Crippen molar-refractivity contribution in [2.75, 3.05) is 0 Å². The molecule has 0 fully saturated rings. The zero-order valence-electron chi connectivity index (χ0n) is 6.79. The van der Waals surface area contributed by atoms with E-state index in [-0.39, 0.29) is 5.78 Å². The summed E-state index contributed by atoms with van der Waals surface area (Å²) in [5, 5.41) is 0. The minimum atomic E-state index is -0.108. The topological polar surface area (TPSA) is 30.2 Å². The van der Waals surface area contributed by atoms with Gasteiger partial charge in [0.25, 0.3) is 0 Å². The lowest BCUT2D eigenvalue weighted by atomic mass is 10.2. The number of halogens is 2. The number of ketones is 1. The van der Waals surface area contributed by atoms with Gasteiger partial charge in [-0.25, -0.2) is 0 Å². The van der Waals surface area contributed by atoms with Crippen molar-refractivity contribution in [1.29, 1.82) is 0 Å².